The molecule has 0 radical (unpaired) electrons. The van der Waals surface area contributed by atoms with E-state index in [-0.39, 0.29) is 16.2 Å². The minimum absolute atomic E-state index is 0.0302. The van der Waals surface area contributed by atoms with E-state index in [9.17, 15) is 18.0 Å². The fourth-order valence-corrected chi connectivity index (χ4v) is 4.12. The summed E-state index contributed by atoms with van der Waals surface area (Å²) in [7, 11) is -4.05. The largest absolute Gasteiger partial charge is 0.452 e. The molecule has 1 N–H and O–H groups in total. The van der Waals surface area contributed by atoms with Crippen molar-refractivity contribution in [2.75, 3.05) is 11.9 Å². The first-order valence-electron chi connectivity index (χ1n) is 9.77. The van der Waals surface area contributed by atoms with Gasteiger partial charge in [0.15, 0.2) is 6.61 Å². The zero-order chi connectivity index (χ0) is 24.0. The molecule has 0 aliphatic rings. The topological polar surface area (TPSA) is 123 Å². The smallest absolute Gasteiger partial charge is 0.339 e. The molecule has 0 fully saturated rings. The number of anilines is 1. The number of amides is 1. The fourth-order valence-electron chi connectivity index (χ4n) is 2.87. The second-order valence-corrected chi connectivity index (χ2v) is 8.66. The monoisotopic (exact) mass is 464 g/mol. The Morgan fingerprint density at radius 3 is 2.42 bits per heavy atom. The van der Waals surface area contributed by atoms with Crippen LogP contribution in [0.5, 0.6) is 5.75 Å². The van der Waals surface area contributed by atoms with Gasteiger partial charge in [-0.25, -0.2) is 4.79 Å². The molecule has 0 aromatic heterocycles. The minimum atomic E-state index is -4.05. The molecule has 0 unspecified atom stereocenters. The van der Waals surface area contributed by atoms with Crippen molar-refractivity contribution < 1.29 is 26.9 Å². The van der Waals surface area contributed by atoms with Gasteiger partial charge in [0.2, 0.25) is 0 Å². The number of nitriles is 1. The van der Waals surface area contributed by atoms with Crippen molar-refractivity contribution in [3.05, 3.63) is 89.0 Å². The van der Waals surface area contributed by atoms with Crippen molar-refractivity contribution in [2.45, 2.75) is 18.7 Å². The van der Waals surface area contributed by atoms with Crippen LogP contribution >= 0.6 is 0 Å². The first-order valence-corrected chi connectivity index (χ1v) is 11.2. The second kappa shape index (κ2) is 9.97. The van der Waals surface area contributed by atoms with Gasteiger partial charge in [0.1, 0.15) is 10.6 Å². The molecule has 1 amide bonds. The molecule has 0 aliphatic heterocycles. The number of rotatable bonds is 7. The average molecular weight is 464 g/mol. The summed E-state index contributed by atoms with van der Waals surface area (Å²) in [5.41, 5.74) is 2.24. The number of ether oxygens (including phenoxy) is 1. The Hall–Kier alpha value is -4.16. The summed E-state index contributed by atoms with van der Waals surface area (Å²) >= 11 is 0. The molecular weight excluding hydrogens is 444 g/mol. The van der Waals surface area contributed by atoms with Gasteiger partial charge in [-0.2, -0.15) is 13.7 Å². The van der Waals surface area contributed by atoms with Crippen LogP contribution in [0.1, 0.15) is 27.0 Å². The standard InChI is InChI=1S/C24H20N2O6S/c1-16-6-7-17(2)22(12-16)33(29,30)32-21-10-8-19(9-11-21)24(28)31-15-23(27)26-20-5-3-4-18(13-20)14-25/h3-13H,15H2,1-2H3,(H,26,27). The van der Waals surface area contributed by atoms with E-state index < -0.39 is 28.6 Å². The summed E-state index contributed by atoms with van der Waals surface area (Å²) in [5.74, 6) is -1.31. The summed E-state index contributed by atoms with van der Waals surface area (Å²) in [5, 5.41) is 11.4. The summed E-state index contributed by atoms with van der Waals surface area (Å²) in [6, 6.07) is 18.6. The van der Waals surface area contributed by atoms with Crippen LogP contribution in [-0.2, 0) is 19.6 Å². The highest BCUT2D eigenvalue weighted by Crippen LogP contribution is 2.23. The predicted octanol–water partition coefficient (Wildman–Crippen LogP) is 3.74. The number of esters is 1. The van der Waals surface area contributed by atoms with Gasteiger partial charge in [0, 0.05) is 5.69 Å². The van der Waals surface area contributed by atoms with Crippen LogP contribution < -0.4 is 9.50 Å². The Kier molecular flexibility index (Phi) is 7.10. The first kappa shape index (κ1) is 23.5. The molecule has 3 aromatic carbocycles. The van der Waals surface area contributed by atoms with Gasteiger partial charge in [-0.3, -0.25) is 4.79 Å². The van der Waals surface area contributed by atoms with E-state index in [0.29, 0.717) is 16.8 Å². The van der Waals surface area contributed by atoms with Crippen LogP contribution in [0.3, 0.4) is 0 Å². The molecule has 3 aromatic rings. The molecule has 0 spiro atoms. The van der Waals surface area contributed by atoms with Gasteiger partial charge in [0.25, 0.3) is 5.91 Å². The van der Waals surface area contributed by atoms with Crippen LogP contribution in [0.25, 0.3) is 0 Å². The minimum Gasteiger partial charge on any atom is -0.452 e. The van der Waals surface area contributed by atoms with E-state index in [1.165, 1.54) is 36.4 Å². The van der Waals surface area contributed by atoms with E-state index in [1.807, 2.05) is 6.07 Å². The van der Waals surface area contributed by atoms with Gasteiger partial charge in [-0.15, -0.1) is 0 Å². The van der Waals surface area contributed by atoms with Gasteiger partial charge in [0.05, 0.1) is 17.2 Å². The lowest BCUT2D eigenvalue weighted by atomic mass is 10.2. The molecule has 0 aliphatic carbocycles. The maximum absolute atomic E-state index is 12.6. The molecule has 0 saturated heterocycles. The van der Waals surface area contributed by atoms with Crippen molar-refractivity contribution >= 4 is 27.7 Å². The number of nitrogens with zero attached hydrogens (tertiary/aromatic N) is 1. The molecule has 8 nitrogen and oxygen atoms in total. The van der Waals surface area contributed by atoms with E-state index in [0.717, 1.165) is 5.56 Å². The number of nitrogens with one attached hydrogen (secondary N) is 1. The lowest BCUT2D eigenvalue weighted by Crippen LogP contribution is -2.21. The molecule has 168 valence electrons. The lowest BCUT2D eigenvalue weighted by Gasteiger charge is -2.11. The highest BCUT2D eigenvalue weighted by atomic mass is 32.2. The maximum atomic E-state index is 12.6. The third-order valence-corrected chi connectivity index (χ3v) is 5.91. The molecule has 9 heteroatoms. The zero-order valence-electron chi connectivity index (χ0n) is 17.9. The number of benzene rings is 3. The Bertz CT molecular complexity index is 1340. The van der Waals surface area contributed by atoms with Crippen LogP contribution in [-0.4, -0.2) is 26.9 Å². The highest BCUT2D eigenvalue weighted by molar-refractivity contribution is 7.87. The van der Waals surface area contributed by atoms with Crippen LogP contribution in [0.15, 0.2) is 71.6 Å². The Morgan fingerprint density at radius 1 is 1.00 bits per heavy atom. The zero-order valence-corrected chi connectivity index (χ0v) is 18.7. The lowest BCUT2D eigenvalue weighted by molar-refractivity contribution is -0.119. The number of hydrogen-bond donors (Lipinski definition) is 1. The van der Waals surface area contributed by atoms with Gasteiger partial charge < -0.3 is 14.2 Å². The average Bonchev–Trinajstić information content (AvgIpc) is 2.79. The van der Waals surface area contributed by atoms with Crippen molar-refractivity contribution in [3.63, 3.8) is 0 Å². The Balaban J connectivity index is 1.59. The molecule has 0 heterocycles. The summed E-state index contributed by atoms with van der Waals surface area (Å²) in [4.78, 5) is 24.3. The maximum Gasteiger partial charge on any atom is 0.339 e. The first-order chi connectivity index (χ1) is 15.7. The van der Waals surface area contributed by atoms with Gasteiger partial charge >= 0.3 is 16.1 Å². The third kappa shape index (κ3) is 6.18. The third-order valence-electron chi connectivity index (χ3n) is 4.52. The quantitative estimate of drug-likeness (QED) is 0.417. The molecule has 3 rings (SSSR count). The Labute approximate surface area is 191 Å². The van der Waals surface area contributed by atoms with Crippen molar-refractivity contribution in [3.8, 4) is 11.8 Å². The van der Waals surface area contributed by atoms with Gasteiger partial charge in [-0.1, -0.05) is 18.2 Å². The number of carbonyl (C=O) groups excluding carboxylic acids is 2. The normalized spacial score (nSPS) is 10.7. The number of carbonyl (C=O) groups is 2. The second-order valence-electron chi connectivity index (χ2n) is 7.15. The molecule has 33 heavy (non-hydrogen) atoms. The van der Waals surface area contributed by atoms with Crippen molar-refractivity contribution in [2.24, 2.45) is 0 Å². The summed E-state index contributed by atoms with van der Waals surface area (Å²) in [6.07, 6.45) is 0. The van der Waals surface area contributed by atoms with Crippen LogP contribution in [0, 0.1) is 25.2 Å². The van der Waals surface area contributed by atoms with Crippen molar-refractivity contribution in [1.82, 2.24) is 0 Å². The summed E-state index contributed by atoms with van der Waals surface area (Å²) < 4.78 is 35.3. The fraction of sp³-hybridized carbons (Fsp3) is 0.125. The molecule has 0 atom stereocenters. The molecule has 0 bridgehead atoms. The summed E-state index contributed by atoms with van der Waals surface area (Å²) in [6.45, 7) is 2.92. The predicted molar refractivity (Wildman–Crippen MR) is 120 cm³/mol. The van der Waals surface area contributed by atoms with Gasteiger partial charge in [-0.05, 0) is 73.5 Å². The van der Waals surface area contributed by atoms with E-state index in [4.69, 9.17) is 14.2 Å². The van der Waals surface area contributed by atoms with E-state index in [2.05, 4.69) is 5.32 Å². The number of aryl methyl sites for hydroxylation is 2. The van der Waals surface area contributed by atoms with E-state index >= 15 is 0 Å². The van der Waals surface area contributed by atoms with Crippen LogP contribution in [0.4, 0.5) is 5.69 Å². The SMILES string of the molecule is Cc1ccc(C)c(S(=O)(=O)Oc2ccc(C(=O)OCC(=O)Nc3cccc(C#N)c3)cc2)c1. The molecule has 0 saturated carbocycles. The van der Waals surface area contributed by atoms with Crippen LogP contribution in [0.2, 0.25) is 0 Å². The van der Waals surface area contributed by atoms with E-state index in [1.54, 1.807) is 44.2 Å². The number of hydrogen-bond acceptors (Lipinski definition) is 7. The molecular formula is C24H20N2O6S. The highest BCUT2D eigenvalue weighted by Gasteiger charge is 2.20. The Morgan fingerprint density at radius 2 is 1.73 bits per heavy atom. The van der Waals surface area contributed by atoms with Crippen molar-refractivity contribution in [1.29, 1.82) is 5.26 Å².